The Labute approximate surface area is 179 Å². The summed E-state index contributed by atoms with van der Waals surface area (Å²) < 4.78 is 34.1. The van der Waals surface area contributed by atoms with Gasteiger partial charge >= 0.3 is 0 Å². The van der Waals surface area contributed by atoms with Gasteiger partial charge in [0.25, 0.3) is 15.9 Å². The maximum Gasteiger partial charge on any atom is 0.264 e. The molecule has 30 heavy (non-hydrogen) atoms. The zero-order chi connectivity index (χ0) is 21.6. The van der Waals surface area contributed by atoms with Crippen molar-refractivity contribution in [1.82, 2.24) is 4.98 Å². The second-order valence-corrected chi connectivity index (χ2v) is 10.1. The van der Waals surface area contributed by atoms with E-state index in [1.54, 1.807) is 26.0 Å². The highest BCUT2D eigenvalue weighted by atomic mass is 32.2. The quantitative estimate of drug-likeness (QED) is 0.631. The Morgan fingerprint density at radius 1 is 1.10 bits per heavy atom. The number of rotatable bonds is 4. The number of hydrogen-bond donors (Lipinski definition) is 2. The summed E-state index contributed by atoms with van der Waals surface area (Å²) in [6.07, 6.45) is 0. The van der Waals surface area contributed by atoms with E-state index in [0.29, 0.717) is 33.4 Å². The van der Waals surface area contributed by atoms with Crippen molar-refractivity contribution in [2.45, 2.75) is 32.6 Å². The van der Waals surface area contributed by atoms with Crippen LogP contribution in [0.2, 0.25) is 0 Å². The maximum atomic E-state index is 13.0. The van der Waals surface area contributed by atoms with Crippen LogP contribution in [0.5, 0.6) is 5.75 Å². The lowest BCUT2D eigenvalue weighted by Gasteiger charge is -2.18. The van der Waals surface area contributed by atoms with E-state index < -0.39 is 10.0 Å². The number of amides is 1. The van der Waals surface area contributed by atoms with Gasteiger partial charge in [0.05, 0.1) is 16.3 Å². The van der Waals surface area contributed by atoms with Crippen LogP contribution in [0.1, 0.15) is 21.6 Å². The molecule has 0 fully saturated rings. The molecule has 1 amide bonds. The fourth-order valence-corrected chi connectivity index (χ4v) is 6.22. The monoisotopic (exact) mass is 443 g/mol. The molecule has 2 aromatic carbocycles. The van der Waals surface area contributed by atoms with E-state index >= 15 is 0 Å². The molecular formula is C21H21N3O4S2. The van der Waals surface area contributed by atoms with Gasteiger partial charge in [0, 0.05) is 10.4 Å². The van der Waals surface area contributed by atoms with Gasteiger partial charge in [0.1, 0.15) is 5.75 Å². The number of hydrogen-bond acceptors (Lipinski definition) is 6. The second kappa shape index (κ2) is 7.41. The first kappa shape index (κ1) is 20.4. The largest absolute Gasteiger partial charge is 0.482 e. The zero-order valence-electron chi connectivity index (χ0n) is 17.0. The van der Waals surface area contributed by atoms with Gasteiger partial charge in [-0.2, -0.15) is 0 Å². The third kappa shape index (κ3) is 3.78. The van der Waals surface area contributed by atoms with Crippen molar-refractivity contribution in [3.8, 4) is 17.0 Å². The lowest BCUT2D eigenvalue weighted by molar-refractivity contribution is -0.118. The van der Waals surface area contributed by atoms with Crippen LogP contribution in [0.25, 0.3) is 11.3 Å². The van der Waals surface area contributed by atoms with E-state index in [9.17, 15) is 13.2 Å². The molecule has 1 aromatic heterocycles. The smallest absolute Gasteiger partial charge is 0.264 e. The first-order chi connectivity index (χ1) is 14.1. The van der Waals surface area contributed by atoms with Crippen molar-refractivity contribution in [1.29, 1.82) is 0 Å². The fourth-order valence-electron chi connectivity index (χ4n) is 3.69. The van der Waals surface area contributed by atoms with Gasteiger partial charge in [0.2, 0.25) is 0 Å². The van der Waals surface area contributed by atoms with Gasteiger partial charge in [-0.25, -0.2) is 13.4 Å². The number of aromatic nitrogens is 1. The van der Waals surface area contributed by atoms with Crippen LogP contribution in [0.3, 0.4) is 0 Å². The number of thiazole rings is 1. The Hall–Kier alpha value is -2.91. The topological polar surface area (TPSA) is 97.4 Å². The van der Waals surface area contributed by atoms with Gasteiger partial charge in [-0.05, 0) is 57.0 Å². The highest BCUT2D eigenvalue weighted by Crippen LogP contribution is 2.37. The van der Waals surface area contributed by atoms with Crippen molar-refractivity contribution in [3.05, 3.63) is 51.9 Å². The van der Waals surface area contributed by atoms with Gasteiger partial charge in [0.15, 0.2) is 11.7 Å². The molecule has 3 aromatic rings. The van der Waals surface area contributed by atoms with E-state index in [1.807, 2.05) is 32.0 Å². The van der Waals surface area contributed by atoms with E-state index in [0.717, 1.165) is 16.0 Å². The molecule has 0 atom stereocenters. The molecule has 0 saturated carbocycles. The first-order valence-corrected chi connectivity index (χ1v) is 11.6. The molecule has 4 rings (SSSR count). The van der Waals surface area contributed by atoms with Crippen LogP contribution < -0.4 is 14.8 Å². The molecule has 0 aliphatic carbocycles. The number of carbonyl (C=O) groups is 1. The Morgan fingerprint density at radius 2 is 1.80 bits per heavy atom. The lowest BCUT2D eigenvalue weighted by Crippen LogP contribution is -2.25. The second-order valence-electron chi connectivity index (χ2n) is 7.30. The summed E-state index contributed by atoms with van der Waals surface area (Å²) in [4.78, 5) is 17.2. The lowest BCUT2D eigenvalue weighted by atomic mass is 10.1. The standard InChI is InChI=1S/C21H21N3O4S2/c1-11-7-12(2)20(13(3)8-11)30(26,27)24-21-23-19(14(4)29-21)15-5-6-17-16(9-15)22-18(25)10-28-17/h5-9H,10H2,1-4H3,(H,22,25)(H,23,24). The third-order valence-electron chi connectivity index (χ3n) is 4.78. The molecule has 156 valence electrons. The maximum absolute atomic E-state index is 13.0. The number of ether oxygens (including phenoxy) is 1. The predicted molar refractivity (Wildman–Crippen MR) is 118 cm³/mol. The van der Waals surface area contributed by atoms with Crippen molar-refractivity contribution >= 4 is 38.1 Å². The molecule has 0 spiro atoms. The molecule has 0 bridgehead atoms. The minimum Gasteiger partial charge on any atom is -0.482 e. The summed E-state index contributed by atoms with van der Waals surface area (Å²) in [5, 5.41) is 3.06. The summed E-state index contributed by atoms with van der Waals surface area (Å²) in [6.45, 7) is 7.38. The van der Waals surface area contributed by atoms with Gasteiger partial charge in [-0.1, -0.05) is 17.7 Å². The van der Waals surface area contributed by atoms with Crippen molar-refractivity contribution in [2.75, 3.05) is 16.6 Å². The fraction of sp³-hybridized carbons (Fsp3) is 0.238. The SMILES string of the molecule is Cc1cc(C)c(S(=O)(=O)Nc2nc(-c3ccc4c(c3)NC(=O)CO4)c(C)s2)c(C)c1. The molecule has 1 aliphatic heterocycles. The number of aryl methyl sites for hydroxylation is 4. The summed E-state index contributed by atoms with van der Waals surface area (Å²) in [7, 11) is -3.78. The Morgan fingerprint density at radius 3 is 2.50 bits per heavy atom. The van der Waals surface area contributed by atoms with Gasteiger partial charge in [-0.15, -0.1) is 11.3 Å². The van der Waals surface area contributed by atoms with Crippen LogP contribution in [0, 0.1) is 27.7 Å². The van der Waals surface area contributed by atoms with Crippen LogP contribution in [0.4, 0.5) is 10.8 Å². The number of benzene rings is 2. The Balaban J connectivity index is 1.67. The van der Waals surface area contributed by atoms with Crippen LogP contribution in [-0.4, -0.2) is 25.9 Å². The first-order valence-electron chi connectivity index (χ1n) is 9.29. The average molecular weight is 444 g/mol. The predicted octanol–water partition coefficient (Wildman–Crippen LogP) is 4.18. The summed E-state index contributed by atoms with van der Waals surface area (Å²) >= 11 is 1.26. The van der Waals surface area contributed by atoms with E-state index in [1.165, 1.54) is 11.3 Å². The number of anilines is 2. The molecule has 0 saturated heterocycles. The molecule has 1 aliphatic rings. The number of fused-ring (bicyclic) bond motifs is 1. The minimum absolute atomic E-state index is 0.00809. The minimum atomic E-state index is -3.78. The van der Waals surface area contributed by atoms with Crippen LogP contribution >= 0.6 is 11.3 Å². The molecular weight excluding hydrogens is 422 g/mol. The summed E-state index contributed by atoms with van der Waals surface area (Å²) in [5.41, 5.74) is 4.39. The third-order valence-corrected chi connectivity index (χ3v) is 7.44. The van der Waals surface area contributed by atoms with Gasteiger partial charge in [-0.3, -0.25) is 9.52 Å². The molecule has 9 heteroatoms. The molecule has 0 radical (unpaired) electrons. The number of nitrogens with one attached hydrogen (secondary N) is 2. The Bertz CT molecular complexity index is 1260. The van der Waals surface area contributed by atoms with E-state index in [-0.39, 0.29) is 17.4 Å². The van der Waals surface area contributed by atoms with Crippen molar-refractivity contribution in [3.63, 3.8) is 0 Å². The number of carbonyl (C=O) groups excluding carboxylic acids is 1. The van der Waals surface area contributed by atoms with Crippen molar-refractivity contribution in [2.24, 2.45) is 0 Å². The van der Waals surface area contributed by atoms with Crippen LogP contribution in [-0.2, 0) is 14.8 Å². The van der Waals surface area contributed by atoms with Gasteiger partial charge < -0.3 is 10.1 Å². The van der Waals surface area contributed by atoms with Crippen molar-refractivity contribution < 1.29 is 17.9 Å². The highest BCUT2D eigenvalue weighted by Gasteiger charge is 2.23. The highest BCUT2D eigenvalue weighted by molar-refractivity contribution is 7.93. The molecule has 7 nitrogen and oxygen atoms in total. The molecule has 2 N–H and O–H groups in total. The number of nitrogens with zero attached hydrogens (tertiary/aromatic N) is 1. The summed E-state index contributed by atoms with van der Waals surface area (Å²) in [5.74, 6) is 0.379. The normalized spacial score (nSPS) is 13.4. The van der Waals surface area contributed by atoms with Crippen LogP contribution in [0.15, 0.2) is 35.2 Å². The van der Waals surface area contributed by atoms with E-state index in [4.69, 9.17) is 4.74 Å². The molecule has 2 heterocycles. The zero-order valence-corrected chi connectivity index (χ0v) is 18.6. The Kier molecular flexibility index (Phi) is 5.03. The van der Waals surface area contributed by atoms with E-state index in [2.05, 4.69) is 15.0 Å². The molecule has 0 unspecified atom stereocenters. The average Bonchev–Trinajstić information content (AvgIpc) is 2.99. The summed E-state index contributed by atoms with van der Waals surface area (Å²) in [6, 6.07) is 9.09. The number of sulfonamides is 1.